The summed E-state index contributed by atoms with van der Waals surface area (Å²) in [5.74, 6) is 1.16. The molecule has 4 nitrogen and oxygen atoms in total. The number of nitrogens with one attached hydrogen (secondary N) is 1. The van der Waals surface area contributed by atoms with Crippen molar-refractivity contribution in [2.75, 3.05) is 32.7 Å². The molecule has 0 amide bonds. The summed E-state index contributed by atoms with van der Waals surface area (Å²) >= 11 is 0. The van der Waals surface area contributed by atoms with E-state index in [1.165, 1.54) is 58.3 Å². The number of likely N-dealkylation sites (tertiary alicyclic amines) is 2. The van der Waals surface area contributed by atoms with E-state index in [0.717, 1.165) is 18.5 Å². The average molecular weight is 292 g/mol. The minimum atomic E-state index is 0.459. The number of aliphatic imine (C=N–C) groups is 1. The first-order chi connectivity index (χ1) is 10.1. The fourth-order valence-electron chi connectivity index (χ4n) is 3.77. The Morgan fingerprint density at radius 3 is 2.52 bits per heavy atom. The third-order valence-corrected chi connectivity index (χ3v) is 5.49. The summed E-state index contributed by atoms with van der Waals surface area (Å²) in [5, 5.41) is 3.70. The molecule has 2 unspecified atom stereocenters. The van der Waals surface area contributed by atoms with Crippen LogP contribution in [-0.4, -0.2) is 60.6 Å². The molecule has 21 heavy (non-hydrogen) atoms. The topological polar surface area (TPSA) is 30.9 Å². The van der Waals surface area contributed by atoms with Gasteiger partial charge >= 0.3 is 0 Å². The number of nitrogens with zero attached hydrogens (tertiary/aromatic N) is 3. The van der Waals surface area contributed by atoms with Crippen LogP contribution in [0.2, 0.25) is 0 Å². The summed E-state index contributed by atoms with van der Waals surface area (Å²) in [6.07, 6.45) is 6.78. The molecular weight excluding hydrogens is 260 g/mol. The van der Waals surface area contributed by atoms with E-state index in [9.17, 15) is 0 Å². The van der Waals surface area contributed by atoms with Crippen molar-refractivity contribution in [1.82, 2.24) is 15.1 Å². The highest BCUT2D eigenvalue weighted by Gasteiger charge is 2.47. The van der Waals surface area contributed by atoms with Crippen molar-refractivity contribution in [3.05, 3.63) is 0 Å². The van der Waals surface area contributed by atoms with Crippen LogP contribution < -0.4 is 5.32 Å². The monoisotopic (exact) mass is 292 g/mol. The van der Waals surface area contributed by atoms with Gasteiger partial charge in [0.2, 0.25) is 0 Å². The number of hydrogen-bond acceptors (Lipinski definition) is 2. The molecule has 4 heteroatoms. The van der Waals surface area contributed by atoms with Gasteiger partial charge in [-0.2, -0.15) is 0 Å². The molecule has 120 valence electrons. The Morgan fingerprint density at radius 2 is 1.90 bits per heavy atom. The molecule has 2 saturated heterocycles. The molecule has 2 aliphatic heterocycles. The smallest absolute Gasteiger partial charge is 0.194 e. The maximum atomic E-state index is 4.74. The van der Waals surface area contributed by atoms with Gasteiger partial charge < -0.3 is 10.2 Å². The predicted octanol–water partition coefficient (Wildman–Crippen LogP) is 2.31. The second-order valence-electron chi connectivity index (χ2n) is 7.67. The molecule has 0 radical (unpaired) electrons. The van der Waals surface area contributed by atoms with Crippen molar-refractivity contribution in [3.63, 3.8) is 0 Å². The quantitative estimate of drug-likeness (QED) is 0.640. The van der Waals surface area contributed by atoms with E-state index < -0.39 is 0 Å². The Bertz CT molecular complexity index is 384. The maximum absolute atomic E-state index is 4.74. The molecule has 3 aliphatic rings. The van der Waals surface area contributed by atoms with Crippen molar-refractivity contribution in [1.29, 1.82) is 0 Å². The van der Waals surface area contributed by atoms with E-state index >= 15 is 0 Å². The van der Waals surface area contributed by atoms with E-state index in [0.29, 0.717) is 11.5 Å². The van der Waals surface area contributed by atoms with Crippen LogP contribution in [0.15, 0.2) is 4.99 Å². The first-order valence-electron chi connectivity index (χ1n) is 8.90. The van der Waals surface area contributed by atoms with E-state index in [1.54, 1.807) is 0 Å². The van der Waals surface area contributed by atoms with Crippen LogP contribution in [0.25, 0.3) is 0 Å². The molecule has 0 spiro atoms. The van der Waals surface area contributed by atoms with Crippen molar-refractivity contribution >= 4 is 5.96 Å². The van der Waals surface area contributed by atoms with Crippen LogP contribution in [-0.2, 0) is 0 Å². The third-order valence-electron chi connectivity index (χ3n) is 5.49. The zero-order valence-electron chi connectivity index (χ0n) is 14.1. The van der Waals surface area contributed by atoms with Crippen molar-refractivity contribution < 1.29 is 0 Å². The first-order valence-corrected chi connectivity index (χ1v) is 8.90. The Labute approximate surface area is 130 Å². The van der Waals surface area contributed by atoms with Crippen LogP contribution >= 0.6 is 0 Å². The van der Waals surface area contributed by atoms with E-state index in [1.807, 2.05) is 0 Å². The Kier molecular flexibility index (Phi) is 4.43. The molecule has 1 saturated carbocycles. The average Bonchev–Trinajstić information content (AvgIpc) is 2.91. The summed E-state index contributed by atoms with van der Waals surface area (Å²) in [4.78, 5) is 9.96. The Morgan fingerprint density at radius 1 is 1.19 bits per heavy atom. The molecule has 1 aliphatic carbocycles. The molecule has 2 atom stereocenters. The molecule has 3 rings (SSSR count). The Hall–Kier alpha value is -0.770. The van der Waals surface area contributed by atoms with Gasteiger partial charge in [-0.25, -0.2) is 0 Å². The minimum Gasteiger partial charge on any atom is -0.353 e. The van der Waals surface area contributed by atoms with Gasteiger partial charge in [-0.05, 0) is 51.1 Å². The highest BCUT2D eigenvalue weighted by molar-refractivity contribution is 5.81. The van der Waals surface area contributed by atoms with E-state index in [-0.39, 0.29) is 0 Å². The van der Waals surface area contributed by atoms with Gasteiger partial charge in [0.15, 0.2) is 5.96 Å². The van der Waals surface area contributed by atoms with E-state index in [2.05, 4.69) is 35.9 Å². The van der Waals surface area contributed by atoms with Gasteiger partial charge in [-0.3, -0.25) is 9.89 Å². The highest BCUT2D eigenvalue weighted by Crippen LogP contribution is 2.44. The van der Waals surface area contributed by atoms with Crippen molar-refractivity contribution in [2.24, 2.45) is 10.4 Å². The SMILES string of the molecule is CCN=C(NC1CC1(C)C)N1CCC(N2CCCCC2)C1. The Balaban J connectivity index is 1.56. The maximum Gasteiger partial charge on any atom is 0.194 e. The lowest BCUT2D eigenvalue weighted by Crippen LogP contribution is -2.45. The lowest BCUT2D eigenvalue weighted by atomic mass is 10.1. The lowest BCUT2D eigenvalue weighted by Gasteiger charge is -2.32. The largest absolute Gasteiger partial charge is 0.353 e. The van der Waals surface area contributed by atoms with Crippen molar-refractivity contribution in [3.8, 4) is 0 Å². The fraction of sp³-hybridized carbons (Fsp3) is 0.941. The summed E-state index contributed by atoms with van der Waals surface area (Å²) in [7, 11) is 0. The summed E-state index contributed by atoms with van der Waals surface area (Å²) < 4.78 is 0. The number of piperidine rings is 1. The van der Waals surface area contributed by atoms with Crippen LogP contribution in [0.3, 0.4) is 0 Å². The zero-order chi connectivity index (χ0) is 14.9. The molecule has 0 aromatic heterocycles. The number of rotatable bonds is 3. The van der Waals surface area contributed by atoms with Gasteiger partial charge in [0.1, 0.15) is 0 Å². The molecule has 0 aromatic rings. The molecule has 1 N–H and O–H groups in total. The summed E-state index contributed by atoms with van der Waals surface area (Å²) in [6, 6.07) is 1.37. The predicted molar refractivity (Wildman–Crippen MR) is 88.7 cm³/mol. The van der Waals surface area contributed by atoms with Gasteiger partial charge in [0, 0.05) is 31.7 Å². The molecule has 2 heterocycles. The van der Waals surface area contributed by atoms with Gasteiger partial charge in [-0.15, -0.1) is 0 Å². The lowest BCUT2D eigenvalue weighted by molar-refractivity contribution is 0.168. The molecule has 0 aromatic carbocycles. The standard InChI is InChI=1S/C17H32N4/c1-4-18-16(19-15-12-17(15,2)3)21-11-8-14(13-21)20-9-6-5-7-10-20/h14-15H,4-13H2,1-3H3,(H,18,19). The normalized spacial score (nSPS) is 33.3. The van der Waals surface area contributed by atoms with E-state index in [4.69, 9.17) is 4.99 Å². The van der Waals surface area contributed by atoms with Crippen LogP contribution in [0.1, 0.15) is 52.9 Å². The molecule has 0 bridgehead atoms. The third kappa shape index (κ3) is 3.53. The number of hydrogen-bond donors (Lipinski definition) is 1. The van der Waals surface area contributed by atoms with Crippen LogP contribution in [0.5, 0.6) is 0 Å². The van der Waals surface area contributed by atoms with Gasteiger partial charge in [0.05, 0.1) is 0 Å². The zero-order valence-corrected chi connectivity index (χ0v) is 14.1. The second kappa shape index (κ2) is 6.15. The van der Waals surface area contributed by atoms with Crippen molar-refractivity contribution in [2.45, 2.75) is 65.0 Å². The second-order valence-corrected chi connectivity index (χ2v) is 7.67. The molecular formula is C17H32N4. The van der Waals surface area contributed by atoms with Crippen LogP contribution in [0, 0.1) is 5.41 Å². The number of guanidine groups is 1. The van der Waals surface area contributed by atoms with Crippen LogP contribution in [0.4, 0.5) is 0 Å². The highest BCUT2D eigenvalue weighted by atomic mass is 15.4. The van der Waals surface area contributed by atoms with Gasteiger partial charge in [-0.1, -0.05) is 20.3 Å². The minimum absolute atomic E-state index is 0.459. The molecule has 3 fully saturated rings. The first kappa shape index (κ1) is 15.1. The summed E-state index contributed by atoms with van der Waals surface area (Å²) in [6.45, 7) is 12.6. The fourth-order valence-corrected chi connectivity index (χ4v) is 3.77. The summed E-state index contributed by atoms with van der Waals surface area (Å²) in [5.41, 5.74) is 0.459. The van der Waals surface area contributed by atoms with Gasteiger partial charge in [0.25, 0.3) is 0 Å².